The number of ether oxygens (including phenoxy) is 2. The lowest BCUT2D eigenvalue weighted by atomic mass is 9.88. The van der Waals surface area contributed by atoms with E-state index in [1.54, 1.807) is 19.2 Å². The molecule has 0 fully saturated rings. The highest BCUT2D eigenvalue weighted by Crippen LogP contribution is 2.33. The first-order valence-electron chi connectivity index (χ1n) is 9.26. The summed E-state index contributed by atoms with van der Waals surface area (Å²) in [6.07, 6.45) is -3.95. The zero-order valence-electron chi connectivity index (χ0n) is 16.8. The summed E-state index contributed by atoms with van der Waals surface area (Å²) in [6.45, 7) is 0.363. The molecule has 8 heteroatoms. The van der Waals surface area contributed by atoms with Gasteiger partial charge in [0.15, 0.2) is 0 Å². The van der Waals surface area contributed by atoms with Gasteiger partial charge in [-0.3, -0.25) is 4.79 Å². The minimum Gasteiger partial charge on any atom is -0.469 e. The number of nitrogens with two attached hydrogens (primary N) is 1. The van der Waals surface area contributed by atoms with Crippen molar-refractivity contribution in [1.29, 1.82) is 0 Å². The Labute approximate surface area is 179 Å². The molecule has 0 aromatic heterocycles. The third-order valence-corrected chi connectivity index (χ3v) is 5.09. The van der Waals surface area contributed by atoms with Gasteiger partial charge in [0.1, 0.15) is 0 Å². The monoisotopic (exact) mass is 439 g/mol. The summed E-state index contributed by atoms with van der Waals surface area (Å²) >= 11 is 5.54. The summed E-state index contributed by atoms with van der Waals surface area (Å²) in [7, 11) is 2.82. The molecule has 0 saturated carbocycles. The van der Waals surface area contributed by atoms with Gasteiger partial charge in [-0.1, -0.05) is 42.5 Å². The predicted octanol–water partition coefficient (Wildman–Crippen LogP) is 5.08. The molecule has 2 aromatic rings. The van der Waals surface area contributed by atoms with Crippen LogP contribution in [0.3, 0.4) is 0 Å². The number of anilines is 1. The molecule has 0 radical (unpaired) electrons. The molecule has 0 bridgehead atoms. The lowest BCUT2D eigenvalue weighted by Crippen LogP contribution is -2.15. The number of nitrogen functional groups attached to an aromatic ring is 1. The molecule has 2 N–H and O–H groups in total. The number of methoxy groups -OCH3 is 2. The number of halogens is 3. The molecule has 162 valence electrons. The molecule has 2 rings (SSSR count). The van der Waals surface area contributed by atoms with E-state index in [1.165, 1.54) is 13.2 Å². The van der Waals surface area contributed by atoms with Gasteiger partial charge in [0.05, 0.1) is 25.7 Å². The zero-order chi connectivity index (χ0) is 22.3. The fraction of sp³-hybridized carbons (Fsp3) is 0.364. The SMILES string of the molecule is COCc1cccc(N)c1CC(=S)CC(CC(=O)OC)c1cccc(C(F)(F)F)c1. The highest BCUT2D eigenvalue weighted by Gasteiger charge is 2.31. The average Bonchev–Trinajstić information content (AvgIpc) is 2.69. The number of rotatable bonds is 9. The first kappa shape index (κ1) is 23.8. The van der Waals surface area contributed by atoms with Gasteiger partial charge in [0.25, 0.3) is 0 Å². The maximum Gasteiger partial charge on any atom is 0.416 e. The number of hydrogen-bond donors (Lipinski definition) is 1. The van der Waals surface area contributed by atoms with Crippen molar-refractivity contribution >= 4 is 28.7 Å². The van der Waals surface area contributed by atoms with Crippen molar-refractivity contribution in [2.24, 2.45) is 0 Å². The molecular formula is C22H24F3NO3S. The number of carbonyl (C=O) groups is 1. The summed E-state index contributed by atoms with van der Waals surface area (Å²) in [5.74, 6) is -1.05. The van der Waals surface area contributed by atoms with E-state index in [4.69, 9.17) is 27.4 Å². The van der Waals surface area contributed by atoms with Crippen LogP contribution in [0.2, 0.25) is 0 Å². The second kappa shape index (κ2) is 10.5. The Morgan fingerprint density at radius 1 is 1.13 bits per heavy atom. The molecule has 0 aliphatic carbocycles. The van der Waals surface area contributed by atoms with Crippen molar-refractivity contribution in [3.63, 3.8) is 0 Å². The third kappa shape index (κ3) is 6.53. The molecule has 0 heterocycles. The molecule has 2 aromatic carbocycles. The Kier molecular flexibility index (Phi) is 8.37. The van der Waals surface area contributed by atoms with Crippen molar-refractivity contribution in [1.82, 2.24) is 0 Å². The maximum absolute atomic E-state index is 13.1. The van der Waals surface area contributed by atoms with Crippen LogP contribution >= 0.6 is 12.2 Å². The molecule has 1 atom stereocenters. The van der Waals surface area contributed by atoms with Crippen LogP contribution in [-0.4, -0.2) is 25.1 Å². The smallest absolute Gasteiger partial charge is 0.416 e. The van der Waals surface area contributed by atoms with Crippen molar-refractivity contribution < 1.29 is 27.4 Å². The fourth-order valence-corrected chi connectivity index (χ4v) is 3.61. The van der Waals surface area contributed by atoms with Crippen LogP contribution in [0.1, 0.15) is 41.0 Å². The first-order valence-corrected chi connectivity index (χ1v) is 9.67. The van der Waals surface area contributed by atoms with Crippen LogP contribution < -0.4 is 5.73 Å². The molecule has 30 heavy (non-hydrogen) atoms. The molecule has 0 amide bonds. The standard InChI is InChI=1S/C22H24F3NO3S/c1-28-13-15-6-4-8-20(26)19(15)12-18(30)10-16(11-21(27)29-2)14-5-3-7-17(9-14)22(23,24)25/h3-9,16H,10-13,26H2,1-2H3. The highest BCUT2D eigenvalue weighted by atomic mass is 32.1. The number of esters is 1. The van der Waals surface area contributed by atoms with Gasteiger partial charge in [-0.15, -0.1) is 0 Å². The van der Waals surface area contributed by atoms with Crippen LogP contribution in [0, 0.1) is 0 Å². The predicted molar refractivity (Wildman–Crippen MR) is 113 cm³/mol. The van der Waals surface area contributed by atoms with E-state index >= 15 is 0 Å². The number of thiocarbonyl (C=S) groups is 1. The van der Waals surface area contributed by atoms with Crippen molar-refractivity contribution in [3.8, 4) is 0 Å². The van der Waals surface area contributed by atoms with E-state index in [2.05, 4.69) is 0 Å². The van der Waals surface area contributed by atoms with Crippen LogP contribution in [0.5, 0.6) is 0 Å². The largest absolute Gasteiger partial charge is 0.469 e. The third-order valence-electron chi connectivity index (χ3n) is 4.78. The Morgan fingerprint density at radius 3 is 2.47 bits per heavy atom. The summed E-state index contributed by atoms with van der Waals surface area (Å²) < 4.78 is 49.3. The topological polar surface area (TPSA) is 61.5 Å². The minimum absolute atomic E-state index is 0.0762. The number of hydrogen-bond acceptors (Lipinski definition) is 5. The normalized spacial score (nSPS) is 12.4. The van der Waals surface area contributed by atoms with Crippen molar-refractivity contribution in [2.75, 3.05) is 20.0 Å². The Balaban J connectivity index is 2.28. The lowest BCUT2D eigenvalue weighted by Gasteiger charge is -2.19. The summed E-state index contributed by atoms with van der Waals surface area (Å²) in [5, 5.41) is 0. The second-order valence-corrected chi connectivity index (χ2v) is 7.52. The van der Waals surface area contributed by atoms with E-state index in [0.717, 1.165) is 23.3 Å². The van der Waals surface area contributed by atoms with E-state index < -0.39 is 23.6 Å². The number of carbonyl (C=O) groups excluding carboxylic acids is 1. The Morgan fingerprint density at radius 2 is 1.83 bits per heavy atom. The van der Waals surface area contributed by atoms with Gasteiger partial charge in [0.2, 0.25) is 0 Å². The molecule has 0 spiro atoms. The number of alkyl halides is 3. The molecule has 0 aliphatic heterocycles. The highest BCUT2D eigenvalue weighted by molar-refractivity contribution is 7.80. The van der Waals surface area contributed by atoms with Gasteiger partial charge in [-0.2, -0.15) is 13.2 Å². The van der Waals surface area contributed by atoms with E-state index in [9.17, 15) is 18.0 Å². The van der Waals surface area contributed by atoms with Gasteiger partial charge in [-0.25, -0.2) is 0 Å². The number of benzene rings is 2. The van der Waals surface area contributed by atoms with Gasteiger partial charge < -0.3 is 15.2 Å². The van der Waals surface area contributed by atoms with Crippen LogP contribution in [0.15, 0.2) is 42.5 Å². The summed E-state index contributed by atoms with van der Waals surface area (Å²) in [6, 6.07) is 10.4. The molecule has 0 saturated heterocycles. The second-order valence-electron chi connectivity index (χ2n) is 6.94. The van der Waals surface area contributed by atoms with E-state index in [-0.39, 0.29) is 12.8 Å². The molecule has 0 aliphatic rings. The Bertz CT molecular complexity index is 899. The quantitative estimate of drug-likeness (QED) is 0.335. The molecular weight excluding hydrogens is 415 g/mol. The summed E-state index contributed by atoms with van der Waals surface area (Å²) in [4.78, 5) is 12.5. The van der Waals surface area contributed by atoms with Gasteiger partial charge >= 0.3 is 12.1 Å². The maximum atomic E-state index is 13.1. The van der Waals surface area contributed by atoms with E-state index in [0.29, 0.717) is 29.1 Å². The van der Waals surface area contributed by atoms with Crippen molar-refractivity contribution in [2.45, 2.75) is 38.0 Å². The van der Waals surface area contributed by atoms with Crippen molar-refractivity contribution in [3.05, 3.63) is 64.7 Å². The van der Waals surface area contributed by atoms with Gasteiger partial charge in [0, 0.05) is 19.2 Å². The Hall–Kier alpha value is -2.45. The van der Waals surface area contributed by atoms with Gasteiger partial charge in [-0.05, 0) is 46.0 Å². The average molecular weight is 439 g/mol. The lowest BCUT2D eigenvalue weighted by molar-refractivity contribution is -0.141. The van der Waals surface area contributed by atoms with E-state index in [1.807, 2.05) is 12.1 Å². The minimum atomic E-state index is -4.47. The molecule has 1 unspecified atom stereocenters. The van der Waals surface area contributed by atoms with Crippen LogP contribution in [0.4, 0.5) is 18.9 Å². The molecule has 4 nitrogen and oxygen atoms in total. The van der Waals surface area contributed by atoms with Crippen LogP contribution in [0.25, 0.3) is 0 Å². The fourth-order valence-electron chi connectivity index (χ4n) is 3.27. The van der Waals surface area contributed by atoms with Crippen LogP contribution in [-0.2, 0) is 33.5 Å². The first-order chi connectivity index (χ1) is 14.2. The summed E-state index contributed by atoms with van der Waals surface area (Å²) in [5.41, 5.74) is 8.00. The zero-order valence-corrected chi connectivity index (χ0v) is 17.6.